The number of aromatic nitrogens is 2. The zero-order valence-electron chi connectivity index (χ0n) is 16.5. The molecule has 0 saturated carbocycles. The molecule has 8 heteroatoms. The number of fused-ring (bicyclic) bond motifs is 1. The number of nitrogens with zero attached hydrogens (tertiary/aromatic N) is 3. The highest BCUT2D eigenvalue weighted by molar-refractivity contribution is 5.93. The number of amides is 1. The fourth-order valence-corrected chi connectivity index (χ4v) is 4.52. The van der Waals surface area contributed by atoms with E-state index < -0.39 is 0 Å². The van der Waals surface area contributed by atoms with E-state index in [4.69, 9.17) is 4.74 Å². The Morgan fingerprint density at radius 1 is 1.17 bits per heavy atom. The van der Waals surface area contributed by atoms with Crippen LogP contribution in [0.2, 0.25) is 0 Å². The SMILES string of the molecule is CC(C1NC(=O)c2cnc(C3CCOCC3)n2N1)N1CC(c2ccc(F)cc2)C1. The van der Waals surface area contributed by atoms with E-state index in [1.807, 2.05) is 16.8 Å². The van der Waals surface area contributed by atoms with Crippen LogP contribution < -0.4 is 10.7 Å². The van der Waals surface area contributed by atoms with E-state index in [0.29, 0.717) is 17.5 Å². The molecule has 2 atom stereocenters. The topological polar surface area (TPSA) is 71.4 Å². The summed E-state index contributed by atoms with van der Waals surface area (Å²) in [6.45, 7) is 5.37. The van der Waals surface area contributed by atoms with Crippen LogP contribution in [0.5, 0.6) is 0 Å². The minimum Gasteiger partial charge on any atom is -0.381 e. The van der Waals surface area contributed by atoms with Gasteiger partial charge in [-0.1, -0.05) is 12.1 Å². The van der Waals surface area contributed by atoms with Crippen LogP contribution in [0, 0.1) is 5.82 Å². The molecule has 2 N–H and O–H groups in total. The number of nitrogens with one attached hydrogen (secondary N) is 2. The van der Waals surface area contributed by atoms with E-state index in [1.165, 1.54) is 12.1 Å². The number of imidazole rings is 1. The average Bonchev–Trinajstić information content (AvgIpc) is 3.13. The van der Waals surface area contributed by atoms with Crippen LogP contribution in [0.15, 0.2) is 30.5 Å². The molecule has 2 unspecified atom stereocenters. The Hall–Kier alpha value is -2.45. The van der Waals surface area contributed by atoms with Gasteiger partial charge in [-0.3, -0.25) is 9.69 Å². The lowest BCUT2D eigenvalue weighted by atomic mass is 9.89. The minimum absolute atomic E-state index is 0.0954. The van der Waals surface area contributed by atoms with Crippen molar-refractivity contribution in [2.45, 2.75) is 43.8 Å². The summed E-state index contributed by atoms with van der Waals surface area (Å²) >= 11 is 0. The van der Waals surface area contributed by atoms with Gasteiger partial charge in [-0.15, -0.1) is 0 Å². The average molecular weight is 399 g/mol. The standard InChI is InChI=1S/C21H26FN5O2/c1-13(26-11-16(12-26)14-2-4-17(22)5-3-14)19-24-21(28)18-10-23-20(27(18)25-19)15-6-8-29-9-7-15/h2-5,10,13,15-16,19,25H,6-9,11-12H2,1H3,(H,24,28). The van der Waals surface area contributed by atoms with Crippen molar-refractivity contribution in [3.05, 3.63) is 53.4 Å². The Morgan fingerprint density at radius 2 is 1.90 bits per heavy atom. The zero-order chi connectivity index (χ0) is 20.0. The molecular formula is C21H26FN5O2. The smallest absolute Gasteiger partial charge is 0.273 e. The van der Waals surface area contributed by atoms with Gasteiger partial charge in [0.15, 0.2) is 0 Å². The quantitative estimate of drug-likeness (QED) is 0.823. The van der Waals surface area contributed by atoms with Gasteiger partial charge in [-0.25, -0.2) is 14.1 Å². The second-order valence-electron chi connectivity index (χ2n) is 8.25. The fraction of sp³-hybridized carbons (Fsp3) is 0.524. The Morgan fingerprint density at radius 3 is 2.62 bits per heavy atom. The van der Waals surface area contributed by atoms with Crippen LogP contribution in [-0.2, 0) is 4.74 Å². The molecule has 5 rings (SSSR count). The van der Waals surface area contributed by atoms with Gasteiger partial charge >= 0.3 is 0 Å². The molecule has 0 bridgehead atoms. The molecule has 0 radical (unpaired) electrons. The van der Waals surface area contributed by atoms with Gasteiger partial charge in [-0.2, -0.15) is 0 Å². The first-order valence-electron chi connectivity index (χ1n) is 10.3. The summed E-state index contributed by atoms with van der Waals surface area (Å²) in [6, 6.07) is 6.88. The maximum absolute atomic E-state index is 13.1. The van der Waals surface area contributed by atoms with Crippen LogP contribution in [-0.4, -0.2) is 59.0 Å². The predicted molar refractivity (Wildman–Crippen MR) is 106 cm³/mol. The number of ether oxygens (including phenoxy) is 1. The molecule has 29 heavy (non-hydrogen) atoms. The summed E-state index contributed by atoms with van der Waals surface area (Å²) in [7, 11) is 0. The van der Waals surface area contributed by atoms with E-state index in [-0.39, 0.29) is 23.9 Å². The molecule has 154 valence electrons. The van der Waals surface area contributed by atoms with Crippen molar-refractivity contribution in [3.63, 3.8) is 0 Å². The minimum atomic E-state index is -0.205. The van der Waals surface area contributed by atoms with E-state index in [1.54, 1.807) is 6.20 Å². The van der Waals surface area contributed by atoms with Gasteiger partial charge in [-0.05, 0) is 37.5 Å². The van der Waals surface area contributed by atoms with Gasteiger partial charge in [0.2, 0.25) is 0 Å². The third kappa shape index (κ3) is 3.40. The molecular weight excluding hydrogens is 373 g/mol. The molecule has 2 saturated heterocycles. The summed E-state index contributed by atoms with van der Waals surface area (Å²) in [5, 5.41) is 3.07. The Labute approximate surface area is 169 Å². The number of benzene rings is 1. The van der Waals surface area contributed by atoms with E-state index in [2.05, 4.69) is 27.6 Å². The Kier molecular flexibility index (Phi) is 4.75. The zero-order valence-corrected chi connectivity index (χ0v) is 16.5. The second-order valence-corrected chi connectivity index (χ2v) is 8.25. The van der Waals surface area contributed by atoms with Crippen LogP contribution in [0.1, 0.15) is 53.5 Å². The fourth-order valence-electron chi connectivity index (χ4n) is 4.52. The lowest BCUT2D eigenvalue weighted by Gasteiger charge is -2.47. The normalized spacial score (nSPS) is 24.3. The molecule has 0 aliphatic carbocycles. The Bertz CT molecular complexity index is 887. The first kappa shape index (κ1) is 18.6. The van der Waals surface area contributed by atoms with E-state index >= 15 is 0 Å². The van der Waals surface area contributed by atoms with Crippen molar-refractivity contribution < 1.29 is 13.9 Å². The lowest BCUT2D eigenvalue weighted by Crippen LogP contribution is -2.63. The summed E-state index contributed by atoms with van der Waals surface area (Å²) in [5.74, 6) is 1.33. The van der Waals surface area contributed by atoms with Crippen molar-refractivity contribution in [3.8, 4) is 0 Å². The molecule has 2 fully saturated rings. The maximum atomic E-state index is 13.1. The summed E-state index contributed by atoms with van der Waals surface area (Å²) in [5.41, 5.74) is 5.19. The number of hydrogen-bond acceptors (Lipinski definition) is 5. The highest BCUT2D eigenvalue weighted by atomic mass is 19.1. The summed E-state index contributed by atoms with van der Waals surface area (Å²) in [6.07, 6.45) is 3.30. The number of rotatable bonds is 4. The summed E-state index contributed by atoms with van der Waals surface area (Å²) in [4.78, 5) is 19.5. The third-order valence-electron chi connectivity index (χ3n) is 6.47. The highest BCUT2D eigenvalue weighted by Gasteiger charge is 2.38. The molecule has 1 aromatic carbocycles. The van der Waals surface area contributed by atoms with Gasteiger partial charge in [0, 0.05) is 44.2 Å². The first-order chi connectivity index (χ1) is 14.1. The summed E-state index contributed by atoms with van der Waals surface area (Å²) < 4.78 is 20.5. The van der Waals surface area contributed by atoms with Crippen molar-refractivity contribution in [1.82, 2.24) is 19.9 Å². The first-order valence-corrected chi connectivity index (χ1v) is 10.3. The lowest BCUT2D eigenvalue weighted by molar-refractivity contribution is 0.0666. The van der Waals surface area contributed by atoms with E-state index in [0.717, 1.165) is 50.5 Å². The number of carbonyl (C=O) groups is 1. The molecule has 0 spiro atoms. The molecule has 3 aliphatic heterocycles. The van der Waals surface area contributed by atoms with Crippen molar-refractivity contribution in [2.75, 3.05) is 31.7 Å². The predicted octanol–water partition coefficient (Wildman–Crippen LogP) is 2.02. The number of hydrogen-bond donors (Lipinski definition) is 2. The van der Waals surface area contributed by atoms with Crippen LogP contribution in [0.3, 0.4) is 0 Å². The molecule has 1 aromatic heterocycles. The third-order valence-corrected chi connectivity index (χ3v) is 6.47. The monoisotopic (exact) mass is 399 g/mol. The van der Waals surface area contributed by atoms with Crippen LogP contribution in [0.4, 0.5) is 4.39 Å². The number of carbonyl (C=O) groups excluding carboxylic acids is 1. The van der Waals surface area contributed by atoms with Gasteiger partial charge < -0.3 is 15.5 Å². The van der Waals surface area contributed by atoms with Gasteiger partial charge in [0.05, 0.1) is 6.20 Å². The van der Waals surface area contributed by atoms with Gasteiger partial charge in [0.25, 0.3) is 5.91 Å². The number of likely N-dealkylation sites (tertiary alicyclic amines) is 1. The number of halogens is 1. The molecule has 7 nitrogen and oxygen atoms in total. The second kappa shape index (κ2) is 7.42. The molecule has 1 amide bonds. The Balaban J connectivity index is 1.27. The van der Waals surface area contributed by atoms with Crippen LogP contribution >= 0.6 is 0 Å². The maximum Gasteiger partial charge on any atom is 0.273 e. The van der Waals surface area contributed by atoms with Crippen molar-refractivity contribution >= 4 is 5.91 Å². The van der Waals surface area contributed by atoms with Crippen molar-refractivity contribution in [1.29, 1.82) is 0 Å². The molecule has 2 aromatic rings. The largest absolute Gasteiger partial charge is 0.381 e. The van der Waals surface area contributed by atoms with E-state index in [9.17, 15) is 9.18 Å². The van der Waals surface area contributed by atoms with Crippen molar-refractivity contribution in [2.24, 2.45) is 0 Å². The van der Waals surface area contributed by atoms with Crippen LogP contribution in [0.25, 0.3) is 0 Å². The molecule has 4 heterocycles. The highest BCUT2D eigenvalue weighted by Crippen LogP contribution is 2.31. The molecule has 3 aliphatic rings. The van der Waals surface area contributed by atoms with Gasteiger partial charge in [0.1, 0.15) is 23.5 Å².